The van der Waals surface area contributed by atoms with E-state index < -0.39 is 5.54 Å². The molecule has 0 aromatic heterocycles. The fourth-order valence-electron chi connectivity index (χ4n) is 2.09. The van der Waals surface area contributed by atoms with Crippen LogP contribution in [0.5, 0.6) is 0 Å². The maximum absolute atomic E-state index is 12.2. The molecule has 3 amide bonds. The van der Waals surface area contributed by atoms with Crippen LogP contribution in [-0.2, 0) is 11.3 Å². The van der Waals surface area contributed by atoms with Crippen molar-refractivity contribution >= 4 is 11.9 Å². The molecule has 0 aliphatic carbocycles. The van der Waals surface area contributed by atoms with E-state index in [1.165, 1.54) is 4.90 Å². The number of carbonyl (C=O) groups is 2. The van der Waals surface area contributed by atoms with Crippen LogP contribution < -0.4 is 5.32 Å². The van der Waals surface area contributed by atoms with Crippen molar-refractivity contribution in [2.45, 2.75) is 39.3 Å². The van der Waals surface area contributed by atoms with Crippen LogP contribution in [0.25, 0.3) is 0 Å². The van der Waals surface area contributed by atoms with Gasteiger partial charge in [0.15, 0.2) is 0 Å². The molecule has 1 aliphatic rings. The highest BCUT2D eigenvalue weighted by atomic mass is 16.2. The second-order valence-electron chi connectivity index (χ2n) is 4.93. The first-order valence-electron chi connectivity index (χ1n) is 6.16. The number of nitrogens with zero attached hydrogens (tertiary/aromatic N) is 1. The van der Waals surface area contributed by atoms with Gasteiger partial charge in [-0.05, 0) is 31.4 Å². The first-order valence-corrected chi connectivity index (χ1v) is 6.16. The van der Waals surface area contributed by atoms with Crippen molar-refractivity contribution in [3.05, 3.63) is 35.4 Å². The SMILES string of the molecule is CCC1(C)NC(=O)N(Cc2ccccc2C)C1=O. The maximum Gasteiger partial charge on any atom is 0.325 e. The summed E-state index contributed by atoms with van der Waals surface area (Å²) in [4.78, 5) is 25.4. The van der Waals surface area contributed by atoms with Crippen LogP contribution in [0.4, 0.5) is 4.79 Å². The molecule has 4 heteroatoms. The third-order valence-corrected chi connectivity index (χ3v) is 3.64. The van der Waals surface area contributed by atoms with E-state index in [1.54, 1.807) is 6.92 Å². The van der Waals surface area contributed by atoms with Crippen molar-refractivity contribution < 1.29 is 9.59 Å². The third kappa shape index (κ3) is 1.98. The third-order valence-electron chi connectivity index (χ3n) is 3.64. The van der Waals surface area contributed by atoms with E-state index in [0.29, 0.717) is 13.0 Å². The molecule has 96 valence electrons. The molecular weight excluding hydrogens is 228 g/mol. The number of rotatable bonds is 3. The highest BCUT2D eigenvalue weighted by molar-refractivity contribution is 6.06. The molecule has 1 atom stereocenters. The number of hydrogen-bond acceptors (Lipinski definition) is 2. The van der Waals surface area contributed by atoms with Crippen molar-refractivity contribution in [1.82, 2.24) is 10.2 Å². The Kier molecular flexibility index (Phi) is 3.11. The van der Waals surface area contributed by atoms with E-state index in [9.17, 15) is 9.59 Å². The molecule has 1 saturated heterocycles. The second kappa shape index (κ2) is 4.44. The Morgan fingerprint density at radius 2 is 1.94 bits per heavy atom. The van der Waals surface area contributed by atoms with E-state index in [-0.39, 0.29) is 11.9 Å². The molecule has 1 N–H and O–H groups in total. The van der Waals surface area contributed by atoms with Gasteiger partial charge in [-0.3, -0.25) is 9.69 Å². The lowest BCUT2D eigenvalue weighted by molar-refractivity contribution is -0.131. The van der Waals surface area contributed by atoms with Crippen LogP contribution in [0.2, 0.25) is 0 Å². The summed E-state index contributed by atoms with van der Waals surface area (Å²) in [5.74, 6) is -0.141. The maximum atomic E-state index is 12.2. The molecule has 0 bridgehead atoms. The molecule has 1 aromatic carbocycles. The van der Waals surface area contributed by atoms with E-state index in [4.69, 9.17) is 0 Å². The minimum absolute atomic E-state index is 0.141. The number of hydrogen-bond donors (Lipinski definition) is 1. The monoisotopic (exact) mass is 246 g/mol. The summed E-state index contributed by atoms with van der Waals surface area (Å²) >= 11 is 0. The Morgan fingerprint density at radius 1 is 1.28 bits per heavy atom. The van der Waals surface area contributed by atoms with Gasteiger partial charge in [-0.15, -0.1) is 0 Å². The standard InChI is InChI=1S/C14H18N2O2/c1-4-14(3)12(17)16(13(18)15-14)9-11-8-6-5-7-10(11)2/h5-8H,4,9H2,1-3H3,(H,15,18). The van der Waals surface area contributed by atoms with Gasteiger partial charge in [0.2, 0.25) is 0 Å². The smallest absolute Gasteiger partial charge is 0.323 e. The van der Waals surface area contributed by atoms with Gasteiger partial charge in [-0.25, -0.2) is 4.79 Å². The lowest BCUT2D eigenvalue weighted by Crippen LogP contribution is -2.43. The van der Waals surface area contributed by atoms with Gasteiger partial charge >= 0.3 is 6.03 Å². The zero-order valence-electron chi connectivity index (χ0n) is 11.0. The topological polar surface area (TPSA) is 49.4 Å². The van der Waals surface area contributed by atoms with Gasteiger partial charge in [-0.2, -0.15) is 0 Å². The van der Waals surface area contributed by atoms with Gasteiger partial charge in [0.05, 0.1) is 6.54 Å². The number of urea groups is 1. The van der Waals surface area contributed by atoms with Crippen LogP contribution >= 0.6 is 0 Å². The first kappa shape index (κ1) is 12.6. The molecule has 4 nitrogen and oxygen atoms in total. The van der Waals surface area contributed by atoms with Crippen molar-refractivity contribution in [2.75, 3.05) is 0 Å². The summed E-state index contributed by atoms with van der Waals surface area (Å²) in [5, 5.41) is 2.76. The van der Waals surface area contributed by atoms with Gasteiger partial charge in [-0.1, -0.05) is 31.2 Å². The van der Waals surface area contributed by atoms with Crippen LogP contribution in [-0.4, -0.2) is 22.4 Å². The summed E-state index contributed by atoms with van der Waals surface area (Å²) in [6.45, 7) is 5.99. The fourth-order valence-corrected chi connectivity index (χ4v) is 2.09. The molecule has 1 aliphatic heterocycles. The van der Waals surface area contributed by atoms with E-state index in [1.807, 2.05) is 38.1 Å². The molecule has 1 fully saturated rings. The summed E-state index contributed by atoms with van der Waals surface area (Å²) < 4.78 is 0. The number of benzene rings is 1. The second-order valence-corrected chi connectivity index (χ2v) is 4.93. The number of imide groups is 1. The predicted molar refractivity (Wildman–Crippen MR) is 69.0 cm³/mol. The van der Waals surface area contributed by atoms with Crippen molar-refractivity contribution in [1.29, 1.82) is 0 Å². The minimum atomic E-state index is -0.750. The number of aryl methyl sites for hydroxylation is 1. The Labute approximate surface area is 107 Å². The average Bonchev–Trinajstić information content (AvgIpc) is 2.56. The highest BCUT2D eigenvalue weighted by Crippen LogP contribution is 2.23. The van der Waals surface area contributed by atoms with Crippen molar-refractivity contribution in [2.24, 2.45) is 0 Å². The fraction of sp³-hybridized carbons (Fsp3) is 0.429. The predicted octanol–water partition coefficient (Wildman–Crippen LogP) is 2.22. The normalized spacial score (nSPS) is 23.4. The largest absolute Gasteiger partial charge is 0.325 e. The number of carbonyl (C=O) groups excluding carboxylic acids is 2. The van der Waals surface area contributed by atoms with Gasteiger partial charge < -0.3 is 5.32 Å². The molecule has 0 radical (unpaired) electrons. The summed E-state index contributed by atoms with van der Waals surface area (Å²) in [6.07, 6.45) is 0.599. The Balaban J connectivity index is 2.23. The van der Waals surface area contributed by atoms with E-state index >= 15 is 0 Å². The van der Waals surface area contributed by atoms with E-state index in [2.05, 4.69) is 5.32 Å². The quantitative estimate of drug-likeness (QED) is 0.831. The summed E-state index contributed by atoms with van der Waals surface area (Å²) in [7, 11) is 0. The molecule has 18 heavy (non-hydrogen) atoms. The average molecular weight is 246 g/mol. The number of nitrogens with one attached hydrogen (secondary N) is 1. The molecule has 2 rings (SSSR count). The molecule has 1 aromatic rings. The summed E-state index contributed by atoms with van der Waals surface area (Å²) in [5.41, 5.74) is 1.34. The molecular formula is C14H18N2O2. The Bertz CT molecular complexity index is 498. The number of amides is 3. The van der Waals surface area contributed by atoms with Crippen LogP contribution in [0, 0.1) is 6.92 Å². The molecule has 1 unspecified atom stereocenters. The minimum Gasteiger partial charge on any atom is -0.323 e. The molecule has 0 saturated carbocycles. The van der Waals surface area contributed by atoms with Crippen LogP contribution in [0.1, 0.15) is 31.4 Å². The van der Waals surface area contributed by atoms with Crippen molar-refractivity contribution in [3.8, 4) is 0 Å². The lowest BCUT2D eigenvalue weighted by atomic mass is 9.99. The zero-order chi connectivity index (χ0) is 13.3. The molecule has 1 heterocycles. The highest BCUT2D eigenvalue weighted by Gasteiger charge is 2.46. The van der Waals surface area contributed by atoms with Crippen LogP contribution in [0.15, 0.2) is 24.3 Å². The summed E-state index contributed by atoms with van der Waals surface area (Å²) in [6, 6.07) is 7.48. The molecule has 0 spiro atoms. The van der Waals surface area contributed by atoms with Gasteiger partial charge in [0.25, 0.3) is 5.91 Å². The van der Waals surface area contributed by atoms with Gasteiger partial charge in [0.1, 0.15) is 5.54 Å². The first-order chi connectivity index (χ1) is 8.48. The lowest BCUT2D eigenvalue weighted by Gasteiger charge is -2.19. The van der Waals surface area contributed by atoms with Crippen LogP contribution in [0.3, 0.4) is 0 Å². The zero-order valence-corrected chi connectivity index (χ0v) is 11.0. The Morgan fingerprint density at radius 3 is 2.50 bits per heavy atom. The van der Waals surface area contributed by atoms with E-state index in [0.717, 1.165) is 11.1 Å². The van der Waals surface area contributed by atoms with Crippen molar-refractivity contribution in [3.63, 3.8) is 0 Å². The Hall–Kier alpha value is -1.84. The van der Waals surface area contributed by atoms with Gasteiger partial charge in [0, 0.05) is 0 Å².